The number of hydrogen-bond acceptors (Lipinski definition) is 5. The molecule has 2 atom stereocenters. The molecule has 3 aromatic rings. The van der Waals surface area contributed by atoms with Gasteiger partial charge in [0.05, 0.1) is 29.8 Å². The number of fused-ring (bicyclic) bond motifs is 2. The maximum Gasteiger partial charge on any atom is 0.307 e. The fourth-order valence-corrected chi connectivity index (χ4v) is 4.78. The minimum Gasteiger partial charge on any atom is -0.497 e. The highest BCUT2D eigenvalue weighted by molar-refractivity contribution is 5.97. The van der Waals surface area contributed by atoms with Gasteiger partial charge in [-0.3, -0.25) is 19.0 Å². The summed E-state index contributed by atoms with van der Waals surface area (Å²) in [6, 6.07) is 12.7. The highest BCUT2D eigenvalue weighted by atomic mass is 16.5. The van der Waals surface area contributed by atoms with Gasteiger partial charge in [0.25, 0.3) is 5.56 Å². The maximum absolute atomic E-state index is 13.1. The molecule has 0 spiro atoms. The van der Waals surface area contributed by atoms with Gasteiger partial charge in [0.2, 0.25) is 5.91 Å². The number of carbonyl (C=O) groups excluding carboxylic acids is 1. The molecule has 178 valence electrons. The van der Waals surface area contributed by atoms with Crippen LogP contribution in [0.15, 0.2) is 59.4 Å². The van der Waals surface area contributed by atoms with Crippen LogP contribution in [0.1, 0.15) is 30.7 Å². The van der Waals surface area contributed by atoms with Gasteiger partial charge in [-0.1, -0.05) is 24.3 Å². The zero-order valence-electron chi connectivity index (χ0n) is 19.2. The Morgan fingerprint density at radius 2 is 1.94 bits per heavy atom. The zero-order chi connectivity index (χ0) is 24.5. The molecule has 8 nitrogen and oxygen atoms in total. The number of benzene rings is 2. The molecule has 1 aliphatic carbocycles. The predicted octanol–water partition coefficient (Wildman–Crippen LogP) is 3.95. The summed E-state index contributed by atoms with van der Waals surface area (Å²) in [5.74, 6) is -1.37. The second-order valence-corrected chi connectivity index (χ2v) is 8.80. The Morgan fingerprint density at radius 1 is 1.14 bits per heavy atom. The first-order valence-electron chi connectivity index (χ1n) is 11.5. The molecule has 1 amide bonds. The van der Waals surface area contributed by atoms with E-state index >= 15 is 0 Å². The molecular weight excluding hydrogens is 446 g/mol. The van der Waals surface area contributed by atoms with Gasteiger partial charge in [0, 0.05) is 12.2 Å². The molecule has 35 heavy (non-hydrogen) atoms. The topological polar surface area (TPSA) is 111 Å². The molecule has 0 unspecified atom stereocenters. The van der Waals surface area contributed by atoms with E-state index in [1.54, 1.807) is 36.0 Å². The number of carboxylic acids is 1. The average molecular weight is 472 g/mol. The van der Waals surface area contributed by atoms with Crippen molar-refractivity contribution in [2.45, 2.75) is 25.8 Å². The summed E-state index contributed by atoms with van der Waals surface area (Å²) in [6.07, 6.45) is 7.04. The normalized spacial score (nSPS) is 20.1. The first kappa shape index (κ1) is 22.6. The first-order chi connectivity index (χ1) is 16.9. The lowest BCUT2D eigenvalue weighted by Gasteiger charge is -2.24. The summed E-state index contributed by atoms with van der Waals surface area (Å²) in [6.45, 7) is 0.553. The third kappa shape index (κ3) is 4.35. The van der Waals surface area contributed by atoms with E-state index in [1.807, 2.05) is 36.4 Å². The minimum absolute atomic E-state index is 0.125. The highest BCUT2D eigenvalue weighted by Gasteiger charge is 2.34. The number of hydrogen-bond donors (Lipinski definition) is 2. The van der Waals surface area contributed by atoms with Crippen LogP contribution >= 0.6 is 0 Å². The van der Waals surface area contributed by atoms with Crippen LogP contribution in [-0.2, 0) is 16.1 Å². The fraction of sp³-hybridized carbons (Fsp3) is 0.259. The van der Waals surface area contributed by atoms with Crippen LogP contribution in [0.2, 0.25) is 0 Å². The predicted molar refractivity (Wildman–Crippen MR) is 133 cm³/mol. The standard InChI is InChI=1S/C27H25N3O5/c1-35-19-6-4-5-16(14-19)13-17-11-12-30-24(17)29-23-15-18(9-10-22(23)26(30)32)28-25(31)20-7-2-3-8-21(20)27(33)34/h2-6,9-10,13-15,20-21H,7-8,11-12H2,1H3,(H,28,31)(H,33,34)/b17-13+/t20-,21+/m1/s1. The number of ether oxygens (including phenoxy) is 1. The van der Waals surface area contributed by atoms with Gasteiger partial charge in [-0.15, -0.1) is 0 Å². The van der Waals surface area contributed by atoms with Crippen LogP contribution in [-0.4, -0.2) is 33.6 Å². The van der Waals surface area contributed by atoms with Crippen LogP contribution in [0.5, 0.6) is 5.75 Å². The van der Waals surface area contributed by atoms with Crippen molar-refractivity contribution < 1.29 is 19.4 Å². The SMILES string of the molecule is COc1cccc(/C=C2\CCn3c2nc2cc(NC(=O)[C@@H]4CC=CC[C@@H]4C(=O)O)ccc2c3=O)c1. The van der Waals surface area contributed by atoms with E-state index in [2.05, 4.69) is 5.32 Å². The van der Waals surface area contributed by atoms with E-state index in [-0.39, 0.29) is 11.5 Å². The number of aromatic nitrogens is 2. The molecule has 8 heteroatoms. The van der Waals surface area contributed by atoms with Crippen LogP contribution in [0.25, 0.3) is 22.6 Å². The molecule has 2 heterocycles. The van der Waals surface area contributed by atoms with Gasteiger partial charge < -0.3 is 15.2 Å². The van der Waals surface area contributed by atoms with E-state index in [4.69, 9.17) is 9.72 Å². The summed E-state index contributed by atoms with van der Waals surface area (Å²) in [5, 5.41) is 12.8. The summed E-state index contributed by atoms with van der Waals surface area (Å²) in [5.41, 5.74) is 2.74. The molecule has 1 aromatic heterocycles. The van der Waals surface area contributed by atoms with Gasteiger partial charge >= 0.3 is 5.97 Å². The van der Waals surface area contributed by atoms with Crippen molar-refractivity contribution in [3.8, 4) is 5.75 Å². The lowest BCUT2D eigenvalue weighted by molar-refractivity contribution is -0.146. The molecule has 0 saturated heterocycles. The number of carbonyl (C=O) groups is 2. The second-order valence-electron chi connectivity index (χ2n) is 8.80. The van der Waals surface area contributed by atoms with Crippen LogP contribution in [0.4, 0.5) is 5.69 Å². The Morgan fingerprint density at radius 3 is 2.71 bits per heavy atom. The average Bonchev–Trinajstić information content (AvgIpc) is 3.26. The van der Waals surface area contributed by atoms with E-state index in [1.165, 1.54) is 0 Å². The zero-order valence-corrected chi connectivity index (χ0v) is 19.2. The van der Waals surface area contributed by atoms with Crippen molar-refractivity contribution >= 4 is 40.1 Å². The molecule has 2 N–H and O–H groups in total. The highest BCUT2D eigenvalue weighted by Crippen LogP contribution is 2.30. The number of amides is 1. The molecule has 0 bridgehead atoms. The van der Waals surface area contributed by atoms with Gasteiger partial charge in [0.15, 0.2) is 0 Å². The Kier molecular flexibility index (Phi) is 5.94. The lowest BCUT2D eigenvalue weighted by Crippen LogP contribution is -2.34. The van der Waals surface area contributed by atoms with Gasteiger partial charge in [-0.2, -0.15) is 0 Å². The van der Waals surface area contributed by atoms with Gasteiger partial charge in [-0.05, 0) is 66.8 Å². The van der Waals surface area contributed by atoms with Gasteiger partial charge in [-0.25, -0.2) is 4.98 Å². The number of rotatable bonds is 5. The monoisotopic (exact) mass is 471 g/mol. The molecule has 0 saturated carbocycles. The molecule has 5 rings (SSSR count). The third-order valence-corrected chi connectivity index (χ3v) is 6.64. The van der Waals surface area contributed by atoms with Crippen molar-refractivity contribution in [2.75, 3.05) is 12.4 Å². The lowest BCUT2D eigenvalue weighted by atomic mass is 9.82. The number of aliphatic carboxylic acids is 1. The number of anilines is 1. The maximum atomic E-state index is 13.1. The van der Waals surface area contributed by atoms with Crippen molar-refractivity contribution in [3.05, 3.63) is 76.4 Å². The summed E-state index contributed by atoms with van der Waals surface area (Å²) in [7, 11) is 1.62. The van der Waals surface area contributed by atoms with Crippen molar-refractivity contribution in [1.29, 1.82) is 0 Å². The van der Waals surface area contributed by atoms with E-state index in [0.717, 1.165) is 16.9 Å². The van der Waals surface area contributed by atoms with E-state index < -0.39 is 17.8 Å². The second kappa shape index (κ2) is 9.21. The minimum atomic E-state index is -0.978. The molecular formula is C27H25N3O5. The smallest absolute Gasteiger partial charge is 0.307 e. The third-order valence-electron chi connectivity index (χ3n) is 6.64. The van der Waals surface area contributed by atoms with Crippen LogP contribution in [0, 0.1) is 11.8 Å². The molecule has 0 fully saturated rings. The Balaban J connectivity index is 1.47. The number of methoxy groups -OCH3 is 1. The number of carboxylic acid groups (broad SMARTS) is 1. The number of nitrogens with zero attached hydrogens (tertiary/aromatic N) is 2. The molecule has 2 aliphatic rings. The van der Waals surface area contributed by atoms with Crippen LogP contribution in [0.3, 0.4) is 0 Å². The molecule has 1 aliphatic heterocycles. The molecule has 2 aromatic carbocycles. The van der Waals surface area contributed by atoms with E-state index in [0.29, 0.717) is 48.2 Å². The number of nitrogens with one attached hydrogen (secondary N) is 1. The van der Waals surface area contributed by atoms with Crippen molar-refractivity contribution in [2.24, 2.45) is 11.8 Å². The Bertz CT molecular complexity index is 1450. The largest absolute Gasteiger partial charge is 0.497 e. The Labute approximate surface area is 201 Å². The molecule has 0 radical (unpaired) electrons. The van der Waals surface area contributed by atoms with Crippen molar-refractivity contribution in [3.63, 3.8) is 0 Å². The quantitative estimate of drug-likeness (QED) is 0.545. The Hall–Kier alpha value is -4.20. The summed E-state index contributed by atoms with van der Waals surface area (Å²) < 4.78 is 6.98. The first-order valence-corrected chi connectivity index (χ1v) is 11.5. The van der Waals surface area contributed by atoms with E-state index in [9.17, 15) is 19.5 Å². The summed E-state index contributed by atoms with van der Waals surface area (Å²) in [4.78, 5) is 42.3. The fourth-order valence-electron chi connectivity index (χ4n) is 4.78. The van der Waals surface area contributed by atoms with Gasteiger partial charge in [0.1, 0.15) is 11.6 Å². The number of allylic oxidation sites excluding steroid dienone is 3. The van der Waals surface area contributed by atoms with Crippen molar-refractivity contribution in [1.82, 2.24) is 9.55 Å². The van der Waals surface area contributed by atoms with Crippen LogP contribution < -0.4 is 15.6 Å². The summed E-state index contributed by atoms with van der Waals surface area (Å²) >= 11 is 0.